The van der Waals surface area contributed by atoms with Crippen LogP contribution in [0.15, 0.2) is 22.8 Å². The lowest BCUT2D eigenvalue weighted by Crippen LogP contribution is -2.46. The third-order valence-corrected chi connectivity index (χ3v) is 3.43. The standard InChI is InChI=1S/C12H15BrN2O3/c13-9-1-2-10(14-7-9)11(16)15-8-12(17)3-5-18-6-4-12/h1-2,7,17H,3-6,8H2,(H,15,16). The molecule has 0 aliphatic carbocycles. The summed E-state index contributed by atoms with van der Waals surface area (Å²) in [6, 6.07) is 3.39. The molecule has 2 rings (SSSR count). The van der Waals surface area contributed by atoms with Gasteiger partial charge in [-0.05, 0) is 28.1 Å². The molecule has 0 atom stereocenters. The fourth-order valence-corrected chi connectivity index (χ4v) is 2.01. The number of rotatable bonds is 3. The van der Waals surface area contributed by atoms with Crippen molar-refractivity contribution in [1.29, 1.82) is 0 Å². The van der Waals surface area contributed by atoms with Gasteiger partial charge in [0.2, 0.25) is 0 Å². The van der Waals surface area contributed by atoms with Crippen LogP contribution in [-0.4, -0.2) is 41.4 Å². The molecule has 6 heteroatoms. The molecule has 1 aromatic heterocycles. The van der Waals surface area contributed by atoms with Gasteiger partial charge in [-0.1, -0.05) is 0 Å². The summed E-state index contributed by atoms with van der Waals surface area (Å²) in [6.07, 6.45) is 2.65. The number of halogens is 1. The van der Waals surface area contributed by atoms with E-state index in [0.29, 0.717) is 31.7 Å². The molecular formula is C12H15BrN2O3. The summed E-state index contributed by atoms with van der Waals surface area (Å²) in [5, 5.41) is 12.9. The maximum absolute atomic E-state index is 11.8. The minimum Gasteiger partial charge on any atom is -0.388 e. The first-order valence-electron chi connectivity index (χ1n) is 5.79. The Morgan fingerprint density at radius 1 is 1.50 bits per heavy atom. The molecular weight excluding hydrogens is 300 g/mol. The van der Waals surface area contributed by atoms with Crippen LogP contribution in [0.25, 0.3) is 0 Å². The predicted molar refractivity (Wildman–Crippen MR) is 69.3 cm³/mol. The van der Waals surface area contributed by atoms with Crippen LogP contribution in [0.4, 0.5) is 0 Å². The third kappa shape index (κ3) is 3.51. The molecule has 1 aromatic rings. The van der Waals surface area contributed by atoms with E-state index in [1.165, 1.54) is 0 Å². The first-order chi connectivity index (χ1) is 8.59. The van der Waals surface area contributed by atoms with E-state index in [2.05, 4.69) is 26.2 Å². The van der Waals surface area contributed by atoms with E-state index < -0.39 is 5.60 Å². The fraction of sp³-hybridized carbons (Fsp3) is 0.500. The maximum atomic E-state index is 11.8. The molecule has 2 heterocycles. The molecule has 0 spiro atoms. The second-order valence-corrected chi connectivity index (χ2v) is 5.30. The van der Waals surface area contributed by atoms with Gasteiger partial charge in [0, 0.05) is 43.3 Å². The van der Waals surface area contributed by atoms with Gasteiger partial charge in [-0.2, -0.15) is 0 Å². The zero-order chi connectivity index (χ0) is 13.0. The Bertz CT molecular complexity index is 416. The van der Waals surface area contributed by atoms with Crippen molar-refractivity contribution in [2.45, 2.75) is 18.4 Å². The van der Waals surface area contributed by atoms with Crippen LogP contribution in [0.5, 0.6) is 0 Å². The van der Waals surface area contributed by atoms with Gasteiger partial charge in [0.05, 0.1) is 5.60 Å². The second kappa shape index (κ2) is 5.77. The number of carbonyl (C=O) groups is 1. The number of pyridine rings is 1. The molecule has 0 bridgehead atoms. The van der Waals surface area contributed by atoms with Crippen LogP contribution in [0, 0.1) is 0 Å². The van der Waals surface area contributed by atoms with Crippen molar-refractivity contribution in [1.82, 2.24) is 10.3 Å². The number of nitrogens with one attached hydrogen (secondary N) is 1. The summed E-state index contributed by atoms with van der Waals surface area (Å²) in [5.41, 5.74) is -0.516. The minimum atomic E-state index is -0.858. The van der Waals surface area contributed by atoms with Gasteiger partial charge in [0.15, 0.2) is 0 Å². The Kier molecular flexibility index (Phi) is 4.31. The number of aliphatic hydroxyl groups is 1. The van der Waals surface area contributed by atoms with E-state index in [1.807, 2.05) is 0 Å². The Balaban J connectivity index is 1.89. The molecule has 0 aromatic carbocycles. The van der Waals surface area contributed by atoms with Crippen molar-refractivity contribution < 1.29 is 14.6 Å². The van der Waals surface area contributed by atoms with E-state index >= 15 is 0 Å². The monoisotopic (exact) mass is 314 g/mol. The molecule has 1 aliphatic heterocycles. The Labute approximate surface area is 114 Å². The molecule has 0 radical (unpaired) electrons. The third-order valence-electron chi connectivity index (χ3n) is 2.96. The average Bonchev–Trinajstić information content (AvgIpc) is 2.38. The Morgan fingerprint density at radius 3 is 2.83 bits per heavy atom. The Hall–Kier alpha value is -0.980. The van der Waals surface area contributed by atoms with E-state index in [9.17, 15) is 9.90 Å². The number of amides is 1. The topological polar surface area (TPSA) is 71.5 Å². The van der Waals surface area contributed by atoms with Crippen molar-refractivity contribution in [3.8, 4) is 0 Å². The zero-order valence-electron chi connectivity index (χ0n) is 9.86. The number of ether oxygens (including phenoxy) is 1. The quantitative estimate of drug-likeness (QED) is 0.877. The second-order valence-electron chi connectivity index (χ2n) is 4.38. The molecule has 18 heavy (non-hydrogen) atoms. The van der Waals surface area contributed by atoms with Crippen molar-refractivity contribution in [3.63, 3.8) is 0 Å². The van der Waals surface area contributed by atoms with Crippen LogP contribution in [-0.2, 0) is 4.74 Å². The van der Waals surface area contributed by atoms with Crippen molar-refractivity contribution in [2.75, 3.05) is 19.8 Å². The van der Waals surface area contributed by atoms with E-state index in [1.54, 1.807) is 18.3 Å². The molecule has 2 N–H and O–H groups in total. The van der Waals surface area contributed by atoms with E-state index in [-0.39, 0.29) is 12.5 Å². The fourth-order valence-electron chi connectivity index (χ4n) is 1.77. The highest BCUT2D eigenvalue weighted by atomic mass is 79.9. The van der Waals surface area contributed by atoms with Crippen LogP contribution in [0.3, 0.4) is 0 Å². The van der Waals surface area contributed by atoms with Gasteiger partial charge >= 0.3 is 0 Å². The van der Waals surface area contributed by atoms with Gasteiger partial charge in [0.1, 0.15) is 5.69 Å². The molecule has 98 valence electrons. The van der Waals surface area contributed by atoms with Crippen LogP contribution in [0.2, 0.25) is 0 Å². The van der Waals surface area contributed by atoms with Crippen molar-refractivity contribution in [2.24, 2.45) is 0 Å². The van der Waals surface area contributed by atoms with E-state index in [0.717, 1.165) is 4.47 Å². The zero-order valence-corrected chi connectivity index (χ0v) is 11.4. The lowest BCUT2D eigenvalue weighted by molar-refractivity contribution is -0.0605. The van der Waals surface area contributed by atoms with Crippen molar-refractivity contribution in [3.05, 3.63) is 28.5 Å². The number of hydrogen-bond acceptors (Lipinski definition) is 4. The Morgan fingerprint density at radius 2 is 2.22 bits per heavy atom. The number of carbonyl (C=O) groups excluding carboxylic acids is 1. The first kappa shape index (κ1) is 13.5. The van der Waals surface area contributed by atoms with Crippen LogP contribution >= 0.6 is 15.9 Å². The summed E-state index contributed by atoms with van der Waals surface area (Å²) >= 11 is 3.26. The molecule has 1 saturated heterocycles. The number of aromatic nitrogens is 1. The minimum absolute atomic E-state index is 0.229. The summed E-state index contributed by atoms with van der Waals surface area (Å²) in [5.74, 6) is -0.276. The summed E-state index contributed by atoms with van der Waals surface area (Å²) in [6.45, 7) is 1.29. The summed E-state index contributed by atoms with van der Waals surface area (Å²) < 4.78 is 6.00. The van der Waals surface area contributed by atoms with Gasteiger partial charge < -0.3 is 15.2 Å². The number of nitrogens with zero attached hydrogens (tertiary/aromatic N) is 1. The van der Waals surface area contributed by atoms with Gasteiger partial charge in [-0.15, -0.1) is 0 Å². The predicted octanol–water partition coefficient (Wildman–Crippen LogP) is 1.12. The maximum Gasteiger partial charge on any atom is 0.269 e. The van der Waals surface area contributed by atoms with Crippen molar-refractivity contribution >= 4 is 21.8 Å². The molecule has 1 amide bonds. The molecule has 0 unspecified atom stereocenters. The van der Waals surface area contributed by atoms with Gasteiger partial charge in [-0.25, -0.2) is 4.98 Å². The highest BCUT2D eigenvalue weighted by molar-refractivity contribution is 9.10. The van der Waals surface area contributed by atoms with Crippen LogP contribution in [0.1, 0.15) is 23.3 Å². The SMILES string of the molecule is O=C(NCC1(O)CCOCC1)c1ccc(Br)cn1. The molecule has 1 aliphatic rings. The molecule has 1 fully saturated rings. The lowest BCUT2D eigenvalue weighted by atomic mass is 9.94. The average molecular weight is 315 g/mol. The summed E-state index contributed by atoms with van der Waals surface area (Å²) in [4.78, 5) is 15.8. The molecule has 0 saturated carbocycles. The smallest absolute Gasteiger partial charge is 0.269 e. The van der Waals surface area contributed by atoms with Gasteiger partial charge in [-0.3, -0.25) is 4.79 Å². The molecule has 5 nitrogen and oxygen atoms in total. The highest BCUT2D eigenvalue weighted by Crippen LogP contribution is 2.19. The normalized spacial score (nSPS) is 18.3. The lowest BCUT2D eigenvalue weighted by Gasteiger charge is -2.31. The highest BCUT2D eigenvalue weighted by Gasteiger charge is 2.30. The summed E-state index contributed by atoms with van der Waals surface area (Å²) in [7, 11) is 0. The largest absolute Gasteiger partial charge is 0.388 e. The van der Waals surface area contributed by atoms with Gasteiger partial charge in [0.25, 0.3) is 5.91 Å². The number of hydrogen-bond donors (Lipinski definition) is 2. The first-order valence-corrected chi connectivity index (χ1v) is 6.58. The van der Waals surface area contributed by atoms with Crippen LogP contribution < -0.4 is 5.32 Å². The van der Waals surface area contributed by atoms with E-state index in [4.69, 9.17) is 4.74 Å².